The zero-order valence-electron chi connectivity index (χ0n) is 30.4. The molecule has 0 aliphatic heterocycles. The lowest BCUT2D eigenvalue weighted by atomic mass is 9.96. The summed E-state index contributed by atoms with van der Waals surface area (Å²) in [7, 11) is 0. The Hall–Kier alpha value is -7.41. The van der Waals surface area contributed by atoms with Crippen LogP contribution in [0.4, 0.5) is 0 Å². The fraction of sp³-hybridized carbons (Fsp3) is 0. The summed E-state index contributed by atoms with van der Waals surface area (Å²) >= 11 is 1.78. The SMILES string of the molecule is c1ccc(-c2nc(-c3ccccc3)nc(-c3cc(-c4cccc5c6ccccc6n(-c6ccccc6)c45)cc4c3sc3ccc5oc6ccccc6c5c34)n2)cc1. The molecule has 8 aromatic carbocycles. The highest BCUT2D eigenvalue weighted by Gasteiger charge is 2.23. The van der Waals surface area contributed by atoms with Crippen molar-refractivity contribution in [2.24, 2.45) is 0 Å². The quantitative estimate of drug-likeness (QED) is 0.176. The minimum absolute atomic E-state index is 0.630. The van der Waals surface area contributed by atoms with E-state index in [1.54, 1.807) is 11.3 Å². The molecule has 0 aliphatic carbocycles. The van der Waals surface area contributed by atoms with Gasteiger partial charge in [-0.2, -0.15) is 0 Å². The maximum atomic E-state index is 6.46. The van der Waals surface area contributed by atoms with E-state index in [9.17, 15) is 0 Å². The van der Waals surface area contributed by atoms with Gasteiger partial charge >= 0.3 is 0 Å². The maximum Gasteiger partial charge on any atom is 0.165 e. The summed E-state index contributed by atoms with van der Waals surface area (Å²) in [6.07, 6.45) is 0. The van der Waals surface area contributed by atoms with Crippen molar-refractivity contribution in [3.05, 3.63) is 182 Å². The Morgan fingerprint density at radius 2 is 1.05 bits per heavy atom. The van der Waals surface area contributed by atoms with Crippen LogP contribution in [0.15, 0.2) is 186 Å². The predicted molar refractivity (Wildman–Crippen MR) is 236 cm³/mol. The number of aromatic nitrogens is 4. The Balaban J connectivity index is 1.23. The van der Waals surface area contributed by atoms with E-state index in [0.29, 0.717) is 17.5 Å². The van der Waals surface area contributed by atoms with E-state index in [4.69, 9.17) is 19.4 Å². The molecular weight excluding hydrogens is 717 g/mol. The largest absolute Gasteiger partial charge is 0.456 e. The van der Waals surface area contributed by atoms with Gasteiger partial charge in [-0.25, -0.2) is 15.0 Å². The molecule has 0 saturated carbocycles. The van der Waals surface area contributed by atoms with Gasteiger partial charge in [-0.15, -0.1) is 11.3 Å². The highest BCUT2D eigenvalue weighted by Crippen LogP contribution is 2.48. The summed E-state index contributed by atoms with van der Waals surface area (Å²) in [5, 5.41) is 6.96. The fourth-order valence-electron chi connectivity index (χ4n) is 8.53. The van der Waals surface area contributed by atoms with Crippen molar-refractivity contribution in [2.45, 2.75) is 0 Å². The normalized spacial score (nSPS) is 11.9. The van der Waals surface area contributed by atoms with Crippen LogP contribution in [-0.4, -0.2) is 19.5 Å². The summed E-state index contributed by atoms with van der Waals surface area (Å²) in [6, 6.07) is 63.7. The minimum Gasteiger partial charge on any atom is -0.456 e. The number of hydrogen-bond donors (Lipinski definition) is 0. The third-order valence-electron chi connectivity index (χ3n) is 11.0. The summed E-state index contributed by atoms with van der Waals surface area (Å²) in [5.74, 6) is 1.90. The second kappa shape index (κ2) is 12.6. The van der Waals surface area contributed by atoms with Gasteiger partial charge in [0, 0.05) is 69.7 Å². The van der Waals surface area contributed by atoms with Crippen LogP contribution in [0.25, 0.3) is 115 Å². The number of hydrogen-bond acceptors (Lipinski definition) is 5. The van der Waals surface area contributed by atoms with E-state index in [1.165, 1.54) is 20.9 Å². The Kier molecular flexibility index (Phi) is 7.03. The van der Waals surface area contributed by atoms with Gasteiger partial charge in [-0.3, -0.25) is 0 Å². The Morgan fingerprint density at radius 3 is 1.81 bits per heavy atom. The number of para-hydroxylation sites is 4. The maximum absolute atomic E-state index is 6.46. The smallest absolute Gasteiger partial charge is 0.165 e. The molecule has 266 valence electrons. The molecule has 0 radical (unpaired) electrons. The molecule has 0 unspecified atom stereocenters. The number of nitrogens with zero attached hydrogens (tertiary/aromatic N) is 4. The lowest BCUT2D eigenvalue weighted by Crippen LogP contribution is -2.00. The first-order valence-corrected chi connectivity index (χ1v) is 19.8. The van der Waals surface area contributed by atoms with Gasteiger partial charge < -0.3 is 8.98 Å². The first-order valence-electron chi connectivity index (χ1n) is 19.0. The number of benzene rings is 8. The van der Waals surface area contributed by atoms with E-state index in [1.807, 2.05) is 42.5 Å². The molecule has 0 atom stereocenters. The van der Waals surface area contributed by atoms with E-state index in [0.717, 1.165) is 76.6 Å². The highest BCUT2D eigenvalue weighted by molar-refractivity contribution is 7.26. The number of thiophene rings is 1. The van der Waals surface area contributed by atoms with Crippen molar-refractivity contribution in [3.63, 3.8) is 0 Å². The molecule has 12 aromatic rings. The Bertz CT molecular complexity index is 3460. The average molecular weight is 747 g/mol. The van der Waals surface area contributed by atoms with Gasteiger partial charge in [0.1, 0.15) is 11.2 Å². The van der Waals surface area contributed by atoms with Crippen LogP contribution in [0.2, 0.25) is 0 Å². The molecule has 0 saturated heterocycles. The molecule has 4 aromatic heterocycles. The van der Waals surface area contributed by atoms with Crippen molar-refractivity contribution in [3.8, 4) is 51.0 Å². The third-order valence-corrected chi connectivity index (χ3v) is 12.2. The molecular formula is C51H30N4OS. The van der Waals surface area contributed by atoms with Crippen molar-refractivity contribution < 1.29 is 4.42 Å². The van der Waals surface area contributed by atoms with Crippen molar-refractivity contribution in [1.82, 2.24) is 19.5 Å². The van der Waals surface area contributed by atoms with E-state index < -0.39 is 0 Å². The molecule has 6 heteroatoms. The molecule has 0 amide bonds. The van der Waals surface area contributed by atoms with Crippen LogP contribution >= 0.6 is 11.3 Å². The summed E-state index contributed by atoms with van der Waals surface area (Å²) in [4.78, 5) is 15.6. The van der Waals surface area contributed by atoms with Gasteiger partial charge in [0.2, 0.25) is 0 Å². The topological polar surface area (TPSA) is 56.7 Å². The van der Waals surface area contributed by atoms with E-state index in [-0.39, 0.29) is 0 Å². The molecule has 0 bridgehead atoms. The zero-order chi connectivity index (χ0) is 37.5. The average Bonchev–Trinajstić information content (AvgIpc) is 3.96. The van der Waals surface area contributed by atoms with Gasteiger partial charge in [-0.1, -0.05) is 133 Å². The molecule has 0 spiro atoms. The molecule has 57 heavy (non-hydrogen) atoms. The van der Waals surface area contributed by atoms with Gasteiger partial charge in [0.25, 0.3) is 0 Å². The van der Waals surface area contributed by atoms with Crippen LogP contribution in [0.5, 0.6) is 0 Å². The number of fused-ring (bicyclic) bond motifs is 10. The number of rotatable bonds is 5. The Labute approximate surface area is 330 Å². The van der Waals surface area contributed by atoms with Crippen molar-refractivity contribution in [2.75, 3.05) is 0 Å². The summed E-state index contributed by atoms with van der Waals surface area (Å²) in [5.41, 5.74) is 10.2. The summed E-state index contributed by atoms with van der Waals surface area (Å²) in [6.45, 7) is 0. The van der Waals surface area contributed by atoms with Crippen molar-refractivity contribution >= 4 is 75.3 Å². The monoisotopic (exact) mass is 746 g/mol. The summed E-state index contributed by atoms with van der Waals surface area (Å²) < 4.78 is 11.2. The second-order valence-corrected chi connectivity index (χ2v) is 15.4. The molecule has 0 N–H and O–H groups in total. The van der Waals surface area contributed by atoms with E-state index in [2.05, 4.69) is 144 Å². The van der Waals surface area contributed by atoms with Crippen LogP contribution in [0.3, 0.4) is 0 Å². The number of furan rings is 1. The Morgan fingerprint density at radius 1 is 0.421 bits per heavy atom. The van der Waals surface area contributed by atoms with Gasteiger partial charge in [0.05, 0.1) is 11.0 Å². The van der Waals surface area contributed by atoms with Gasteiger partial charge in [-0.05, 0) is 54.1 Å². The van der Waals surface area contributed by atoms with Crippen molar-refractivity contribution in [1.29, 1.82) is 0 Å². The minimum atomic E-state index is 0.630. The van der Waals surface area contributed by atoms with Crippen LogP contribution in [-0.2, 0) is 0 Å². The standard InChI is InChI=1S/C51H30N4OS/c1-4-15-31(16-5-1)49-52-50(32-17-6-2-7-18-32)54-51(53-49)40-30-33(29-39-46-44(57-48(39)40)28-27-43-45(46)38-22-11-13-26-42(38)56-43)35-23-14-24-37-36-21-10-12-25-41(36)55(47(35)37)34-19-8-3-9-20-34/h1-30H. The third kappa shape index (κ3) is 4.98. The molecule has 5 nitrogen and oxygen atoms in total. The van der Waals surface area contributed by atoms with Crippen LogP contribution in [0, 0.1) is 0 Å². The molecule has 0 aliphatic rings. The van der Waals surface area contributed by atoms with Crippen LogP contribution < -0.4 is 0 Å². The molecule has 4 heterocycles. The lowest BCUT2D eigenvalue weighted by molar-refractivity contribution is 0.669. The zero-order valence-corrected chi connectivity index (χ0v) is 31.2. The fourth-order valence-corrected chi connectivity index (χ4v) is 9.73. The lowest BCUT2D eigenvalue weighted by Gasteiger charge is -2.14. The first kappa shape index (κ1) is 31.9. The first-order chi connectivity index (χ1) is 28.3. The van der Waals surface area contributed by atoms with E-state index >= 15 is 0 Å². The highest BCUT2D eigenvalue weighted by atomic mass is 32.1. The predicted octanol–water partition coefficient (Wildman–Crippen LogP) is 13.9. The second-order valence-electron chi connectivity index (χ2n) is 14.3. The van der Waals surface area contributed by atoms with Crippen LogP contribution in [0.1, 0.15) is 0 Å². The molecule has 12 rings (SSSR count). The molecule has 0 fully saturated rings. The van der Waals surface area contributed by atoms with Gasteiger partial charge in [0.15, 0.2) is 17.5 Å².